The van der Waals surface area contributed by atoms with Crippen LogP contribution in [0.1, 0.15) is 5.56 Å². The summed E-state index contributed by atoms with van der Waals surface area (Å²) in [6.07, 6.45) is 0. The number of benzene rings is 2. The number of ether oxygens (including phenoxy) is 1. The van der Waals surface area contributed by atoms with Gasteiger partial charge in [-0.2, -0.15) is 0 Å². The summed E-state index contributed by atoms with van der Waals surface area (Å²) < 4.78 is 60.9. The Morgan fingerprint density at radius 2 is 1.50 bits per heavy atom. The van der Waals surface area contributed by atoms with Gasteiger partial charge in [-0.05, 0) is 19.1 Å². The third-order valence-electron chi connectivity index (χ3n) is 4.52. The van der Waals surface area contributed by atoms with Crippen molar-refractivity contribution >= 4 is 23.2 Å². The second-order valence-electron chi connectivity index (χ2n) is 6.39. The van der Waals surface area contributed by atoms with E-state index in [1.807, 2.05) is 19.1 Å². The number of amides is 1. The molecule has 0 bridgehead atoms. The molecule has 0 atom stereocenters. The van der Waals surface area contributed by atoms with Gasteiger partial charge in [-0.1, -0.05) is 29.3 Å². The Morgan fingerprint density at radius 1 is 0.964 bits per heavy atom. The van der Waals surface area contributed by atoms with Crippen molar-refractivity contribution in [2.24, 2.45) is 0 Å². The van der Waals surface area contributed by atoms with E-state index in [4.69, 9.17) is 16.3 Å². The lowest BCUT2D eigenvalue weighted by atomic mass is 10.2. The van der Waals surface area contributed by atoms with Crippen molar-refractivity contribution < 1.29 is 27.1 Å². The molecule has 1 aliphatic rings. The molecule has 1 amide bonds. The molecule has 1 saturated heterocycles. The Kier molecular flexibility index (Phi) is 5.98. The lowest BCUT2D eigenvalue weighted by Gasteiger charge is -2.36. The molecule has 2 aromatic rings. The number of anilines is 1. The number of hydrogen-bond donors (Lipinski definition) is 0. The average Bonchev–Trinajstić information content (AvgIpc) is 2.71. The molecule has 0 spiro atoms. The van der Waals surface area contributed by atoms with Crippen molar-refractivity contribution in [3.63, 3.8) is 0 Å². The Morgan fingerprint density at radius 3 is 2.04 bits per heavy atom. The lowest BCUT2D eigenvalue weighted by molar-refractivity contribution is -0.133. The minimum Gasteiger partial charge on any atom is -0.484 e. The van der Waals surface area contributed by atoms with Crippen LogP contribution in [-0.2, 0) is 4.79 Å². The zero-order valence-electron chi connectivity index (χ0n) is 14.9. The van der Waals surface area contributed by atoms with Gasteiger partial charge in [0.15, 0.2) is 29.9 Å². The number of nitrogens with zero attached hydrogens (tertiary/aromatic N) is 2. The number of hydrogen-bond acceptors (Lipinski definition) is 3. The first-order valence-electron chi connectivity index (χ1n) is 8.53. The van der Waals surface area contributed by atoms with E-state index in [2.05, 4.69) is 0 Å². The van der Waals surface area contributed by atoms with E-state index in [9.17, 15) is 22.4 Å². The fraction of sp³-hybridized carbons (Fsp3) is 0.316. The summed E-state index contributed by atoms with van der Waals surface area (Å²) in [6.45, 7) is 2.01. The van der Waals surface area contributed by atoms with Crippen LogP contribution in [0, 0.1) is 30.2 Å². The highest BCUT2D eigenvalue weighted by molar-refractivity contribution is 6.31. The van der Waals surface area contributed by atoms with E-state index in [1.54, 1.807) is 12.1 Å². The molecule has 0 aliphatic carbocycles. The molecule has 4 nitrogen and oxygen atoms in total. The maximum atomic E-state index is 14.1. The van der Waals surface area contributed by atoms with Crippen LogP contribution >= 0.6 is 11.6 Å². The molecule has 0 aromatic heterocycles. The third-order valence-corrected chi connectivity index (χ3v) is 4.85. The highest BCUT2D eigenvalue weighted by Crippen LogP contribution is 2.33. The molecule has 0 N–H and O–H groups in total. The van der Waals surface area contributed by atoms with Crippen LogP contribution < -0.4 is 9.64 Å². The molecule has 9 heteroatoms. The molecule has 0 unspecified atom stereocenters. The quantitative estimate of drug-likeness (QED) is 0.430. The first kappa shape index (κ1) is 20.3. The van der Waals surface area contributed by atoms with Crippen LogP contribution in [0.25, 0.3) is 0 Å². The average molecular weight is 417 g/mol. The maximum Gasteiger partial charge on any atom is 0.260 e. The normalized spacial score (nSPS) is 14.4. The predicted octanol–water partition coefficient (Wildman–Crippen LogP) is 3.93. The number of halogens is 5. The van der Waals surface area contributed by atoms with Gasteiger partial charge < -0.3 is 14.5 Å². The van der Waals surface area contributed by atoms with Gasteiger partial charge in [-0.25, -0.2) is 17.6 Å². The molecule has 1 aliphatic heterocycles. The zero-order chi connectivity index (χ0) is 20.4. The molecule has 28 heavy (non-hydrogen) atoms. The van der Waals surface area contributed by atoms with Crippen LogP contribution in [0.2, 0.25) is 5.02 Å². The van der Waals surface area contributed by atoms with Crippen LogP contribution in [0.3, 0.4) is 0 Å². The fourth-order valence-electron chi connectivity index (χ4n) is 2.92. The molecule has 3 rings (SSSR count). The minimum absolute atomic E-state index is 0.00459. The SMILES string of the molecule is Cc1ccc(OCC(=O)N2CCN(c3c(F)c(F)c(Cl)c(F)c3F)CC2)cc1. The van der Waals surface area contributed by atoms with Crippen molar-refractivity contribution in [1.29, 1.82) is 0 Å². The van der Waals surface area contributed by atoms with Crippen LogP contribution in [0.15, 0.2) is 24.3 Å². The van der Waals surface area contributed by atoms with Gasteiger partial charge in [-0.3, -0.25) is 4.79 Å². The third kappa shape index (κ3) is 4.01. The van der Waals surface area contributed by atoms with Crippen molar-refractivity contribution in [2.75, 3.05) is 37.7 Å². The van der Waals surface area contributed by atoms with Crippen LogP contribution in [0.5, 0.6) is 5.75 Å². The standard InChI is InChI=1S/C19H17ClF4N2O2/c1-11-2-4-12(5-3-11)28-10-13(27)25-6-8-26(9-7-25)19-17(23)15(21)14(20)16(22)18(19)24/h2-5H,6-10H2,1H3. The van der Waals surface area contributed by atoms with E-state index in [-0.39, 0.29) is 38.7 Å². The van der Waals surface area contributed by atoms with Gasteiger partial charge in [0.1, 0.15) is 16.5 Å². The number of aryl methyl sites for hydroxylation is 1. The molecule has 0 radical (unpaired) electrons. The smallest absolute Gasteiger partial charge is 0.260 e. The Balaban J connectivity index is 1.62. The first-order chi connectivity index (χ1) is 13.3. The summed E-state index contributed by atoms with van der Waals surface area (Å²) in [6, 6.07) is 7.20. The number of carbonyl (C=O) groups excluding carboxylic acids is 1. The van der Waals surface area contributed by atoms with Gasteiger partial charge in [-0.15, -0.1) is 0 Å². The minimum atomic E-state index is -1.64. The van der Waals surface area contributed by atoms with E-state index in [0.29, 0.717) is 5.75 Å². The van der Waals surface area contributed by atoms with Crippen LogP contribution in [0.4, 0.5) is 23.2 Å². The Bertz CT molecular complexity index is 855. The number of carbonyl (C=O) groups is 1. The second kappa shape index (κ2) is 8.26. The van der Waals surface area contributed by atoms with Crippen molar-refractivity contribution in [3.05, 3.63) is 58.1 Å². The second-order valence-corrected chi connectivity index (χ2v) is 6.77. The van der Waals surface area contributed by atoms with Gasteiger partial charge in [0.2, 0.25) is 0 Å². The summed E-state index contributed by atoms with van der Waals surface area (Å²) in [4.78, 5) is 14.9. The predicted molar refractivity (Wildman–Crippen MR) is 96.8 cm³/mol. The van der Waals surface area contributed by atoms with E-state index < -0.39 is 34.0 Å². The fourth-order valence-corrected chi connectivity index (χ4v) is 3.09. The summed E-state index contributed by atoms with van der Waals surface area (Å²) in [5.41, 5.74) is 0.242. The highest BCUT2D eigenvalue weighted by Gasteiger charge is 2.30. The topological polar surface area (TPSA) is 32.8 Å². The first-order valence-corrected chi connectivity index (χ1v) is 8.91. The summed E-state index contributed by atoms with van der Waals surface area (Å²) >= 11 is 5.24. The summed E-state index contributed by atoms with van der Waals surface area (Å²) in [5, 5.41) is -1.22. The molecule has 1 heterocycles. The maximum absolute atomic E-state index is 14.1. The number of rotatable bonds is 4. The largest absolute Gasteiger partial charge is 0.484 e. The van der Waals surface area contributed by atoms with Gasteiger partial charge >= 0.3 is 0 Å². The van der Waals surface area contributed by atoms with Gasteiger partial charge in [0.25, 0.3) is 5.91 Å². The van der Waals surface area contributed by atoms with Crippen LogP contribution in [-0.4, -0.2) is 43.6 Å². The van der Waals surface area contributed by atoms with Gasteiger partial charge in [0, 0.05) is 26.2 Å². The Labute approximate surface area is 164 Å². The van der Waals surface area contributed by atoms with Crippen molar-refractivity contribution in [1.82, 2.24) is 4.90 Å². The lowest BCUT2D eigenvalue weighted by Crippen LogP contribution is -2.50. The Hall–Kier alpha value is -2.48. The highest BCUT2D eigenvalue weighted by atomic mass is 35.5. The van der Waals surface area contributed by atoms with E-state index in [0.717, 1.165) is 10.5 Å². The zero-order valence-corrected chi connectivity index (χ0v) is 15.7. The molecular formula is C19H17ClF4N2O2. The molecular weight excluding hydrogens is 400 g/mol. The van der Waals surface area contributed by atoms with Gasteiger partial charge in [0.05, 0.1) is 0 Å². The van der Waals surface area contributed by atoms with Crippen molar-refractivity contribution in [2.45, 2.75) is 6.92 Å². The monoisotopic (exact) mass is 416 g/mol. The van der Waals surface area contributed by atoms with E-state index >= 15 is 0 Å². The molecule has 150 valence electrons. The number of piperazine rings is 1. The summed E-state index contributed by atoms with van der Waals surface area (Å²) in [7, 11) is 0. The molecule has 2 aromatic carbocycles. The van der Waals surface area contributed by atoms with Crippen molar-refractivity contribution in [3.8, 4) is 5.75 Å². The molecule has 1 fully saturated rings. The summed E-state index contributed by atoms with van der Waals surface area (Å²) in [5.74, 6) is -6.12. The molecule has 0 saturated carbocycles. The van der Waals surface area contributed by atoms with E-state index in [1.165, 1.54) is 4.90 Å².